The summed E-state index contributed by atoms with van der Waals surface area (Å²) in [7, 11) is 1.88. The number of aromatic nitrogens is 4. The van der Waals surface area contributed by atoms with Crippen LogP contribution in [0.1, 0.15) is 23.7 Å². The van der Waals surface area contributed by atoms with Gasteiger partial charge in [0, 0.05) is 31.4 Å². The van der Waals surface area contributed by atoms with E-state index in [4.69, 9.17) is 11.0 Å². The highest BCUT2D eigenvalue weighted by atomic mass is 15.3. The maximum absolute atomic E-state index is 8.81. The van der Waals surface area contributed by atoms with Crippen LogP contribution in [0.25, 0.3) is 0 Å². The van der Waals surface area contributed by atoms with Gasteiger partial charge >= 0.3 is 0 Å². The predicted octanol–water partition coefficient (Wildman–Crippen LogP) is 1.09. The van der Waals surface area contributed by atoms with Gasteiger partial charge in [0.1, 0.15) is 17.5 Å². The molecule has 0 spiro atoms. The molecule has 0 aliphatic carbocycles. The molecule has 2 aromatic heterocycles. The van der Waals surface area contributed by atoms with E-state index in [0.717, 1.165) is 17.8 Å². The molecular weight excluding hydrogens is 254 g/mol. The second-order valence-electron chi connectivity index (χ2n) is 4.51. The minimum Gasteiger partial charge on any atom is -0.382 e. The summed E-state index contributed by atoms with van der Waals surface area (Å²) in [5, 5.41) is 13.1. The van der Waals surface area contributed by atoms with Crippen LogP contribution in [0.2, 0.25) is 0 Å². The normalized spacial score (nSPS) is 10.3. The first kappa shape index (κ1) is 13.8. The Hall–Kier alpha value is -2.62. The zero-order valence-corrected chi connectivity index (χ0v) is 11.8. The van der Waals surface area contributed by atoms with Gasteiger partial charge in [-0.2, -0.15) is 15.3 Å². The number of nitriles is 1. The van der Waals surface area contributed by atoms with Crippen molar-refractivity contribution in [3.63, 3.8) is 0 Å². The van der Waals surface area contributed by atoms with Crippen molar-refractivity contribution in [3.05, 3.63) is 29.2 Å². The lowest BCUT2D eigenvalue weighted by molar-refractivity contribution is 0.638. The SMILES string of the molecule is CCn1ncc(CN(C)c2ncc(C#N)c(N)n2)c1C. The molecule has 0 atom stereocenters. The summed E-state index contributed by atoms with van der Waals surface area (Å²) in [6, 6.07) is 1.95. The monoisotopic (exact) mass is 271 g/mol. The van der Waals surface area contributed by atoms with Gasteiger partial charge in [-0.3, -0.25) is 4.68 Å². The van der Waals surface area contributed by atoms with E-state index in [1.165, 1.54) is 6.20 Å². The number of hydrogen-bond donors (Lipinski definition) is 1. The molecule has 0 aliphatic rings. The molecule has 0 saturated heterocycles. The molecule has 0 fully saturated rings. The van der Waals surface area contributed by atoms with Gasteiger partial charge in [0.2, 0.25) is 5.95 Å². The Kier molecular flexibility index (Phi) is 3.84. The number of hydrogen-bond acceptors (Lipinski definition) is 6. The number of aryl methyl sites for hydroxylation is 1. The van der Waals surface area contributed by atoms with Crippen molar-refractivity contribution in [2.75, 3.05) is 17.7 Å². The fraction of sp³-hybridized carbons (Fsp3) is 0.385. The van der Waals surface area contributed by atoms with E-state index in [-0.39, 0.29) is 11.4 Å². The van der Waals surface area contributed by atoms with Gasteiger partial charge in [-0.15, -0.1) is 0 Å². The molecule has 2 rings (SSSR count). The van der Waals surface area contributed by atoms with E-state index in [1.807, 2.05) is 35.8 Å². The third-order valence-corrected chi connectivity index (χ3v) is 3.18. The summed E-state index contributed by atoms with van der Waals surface area (Å²) in [4.78, 5) is 10.2. The molecule has 7 nitrogen and oxygen atoms in total. The van der Waals surface area contributed by atoms with Crippen LogP contribution >= 0.6 is 0 Å². The number of nitrogen functional groups attached to an aromatic ring is 1. The molecule has 20 heavy (non-hydrogen) atoms. The average Bonchev–Trinajstić information content (AvgIpc) is 2.79. The summed E-state index contributed by atoms with van der Waals surface area (Å²) < 4.78 is 1.94. The van der Waals surface area contributed by atoms with Crippen LogP contribution < -0.4 is 10.6 Å². The van der Waals surface area contributed by atoms with Crippen molar-refractivity contribution in [1.29, 1.82) is 5.26 Å². The second kappa shape index (κ2) is 5.57. The van der Waals surface area contributed by atoms with E-state index in [1.54, 1.807) is 0 Å². The van der Waals surface area contributed by atoms with Gasteiger partial charge in [-0.05, 0) is 13.8 Å². The van der Waals surface area contributed by atoms with Gasteiger partial charge in [-0.25, -0.2) is 4.98 Å². The fourth-order valence-corrected chi connectivity index (χ4v) is 1.94. The van der Waals surface area contributed by atoms with Crippen molar-refractivity contribution >= 4 is 11.8 Å². The first-order chi connectivity index (χ1) is 9.56. The smallest absolute Gasteiger partial charge is 0.227 e. The number of rotatable bonds is 4. The van der Waals surface area contributed by atoms with Crippen LogP contribution in [0.4, 0.5) is 11.8 Å². The number of nitrogens with zero attached hydrogens (tertiary/aromatic N) is 6. The Morgan fingerprint density at radius 2 is 2.20 bits per heavy atom. The second-order valence-corrected chi connectivity index (χ2v) is 4.51. The summed E-state index contributed by atoms with van der Waals surface area (Å²) in [6.45, 7) is 5.57. The molecule has 2 heterocycles. The first-order valence-electron chi connectivity index (χ1n) is 6.31. The molecule has 7 heteroatoms. The van der Waals surface area contributed by atoms with Crippen LogP contribution in [0.5, 0.6) is 0 Å². The molecule has 104 valence electrons. The van der Waals surface area contributed by atoms with Gasteiger partial charge in [0.25, 0.3) is 0 Å². The van der Waals surface area contributed by atoms with Crippen molar-refractivity contribution in [2.24, 2.45) is 0 Å². The Bertz CT molecular complexity index is 653. The zero-order chi connectivity index (χ0) is 14.7. The van der Waals surface area contributed by atoms with Gasteiger partial charge < -0.3 is 10.6 Å². The summed E-state index contributed by atoms with van der Waals surface area (Å²) in [5.74, 6) is 0.690. The summed E-state index contributed by atoms with van der Waals surface area (Å²) >= 11 is 0. The molecule has 0 bridgehead atoms. The largest absolute Gasteiger partial charge is 0.382 e. The molecule has 0 saturated carbocycles. The lowest BCUT2D eigenvalue weighted by Gasteiger charge is -2.17. The Morgan fingerprint density at radius 1 is 1.45 bits per heavy atom. The van der Waals surface area contributed by atoms with E-state index in [2.05, 4.69) is 22.0 Å². The van der Waals surface area contributed by atoms with Crippen LogP contribution in [-0.2, 0) is 13.1 Å². The Labute approximate surface area is 117 Å². The minimum atomic E-state index is 0.199. The summed E-state index contributed by atoms with van der Waals surface area (Å²) in [6.07, 6.45) is 3.29. The molecule has 0 aromatic carbocycles. The number of anilines is 2. The van der Waals surface area contributed by atoms with Gasteiger partial charge in [0.05, 0.1) is 12.4 Å². The van der Waals surface area contributed by atoms with E-state index >= 15 is 0 Å². The topological polar surface area (TPSA) is 96.7 Å². The quantitative estimate of drug-likeness (QED) is 0.894. The Balaban J connectivity index is 2.19. The zero-order valence-electron chi connectivity index (χ0n) is 11.8. The highest BCUT2D eigenvalue weighted by Crippen LogP contribution is 2.15. The van der Waals surface area contributed by atoms with Crippen molar-refractivity contribution in [3.8, 4) is 6.07 Å². The average molecular weight is 271 g/mol. The molecule has 2 aromatic rings. The lowest BCUT2D eigenvalue weighted by Crippen LogP contribution is -2.20. The Morgan fingerprint density at radius 3 is 2.75 bits per heavy atom. The maximum Gasteiger partial charge on any atom is 0.227 e. The molecule has 0 radical (unpaired) electrons. The minimum absolute atomic E-state index is 0.199. The molecule has 0 unspecified atom stereocenters. The van der Waals surface area contributed by atoms with E-state index < -0.39 is 0 Å². The van der Waals surface area contributed by atoms with Crippen LogP contribution in [0.15, 0.2) is 12.4 Å². The van der Waals surface area contributed by atoms with E-state index in [9.17, 15) is 0 Å². The van der Waals surface area contributed by atoms with Gasteiger partial charge in [-0.1, -0.05) is 0 Å². The molecule has 2 N–H and O–H groups in total. The van der Waals surface area contributed by atoms with Crippen molar-refractivity contribution in [2.45, 2.75) is 26.9 Å². The number of nitrogens with two attached hydrogens (primary N) is 1. The van der Waals surface area contributed by atoms with Crippen LogP contribution in [-0.4, -0.2) is 26.8 Å². The van der Waals surface area contributed by atoms with Gasteiger partial charge in [0.15, 0.2) is 0 Å². The third-order valence-electron chi connectivity index (χ3n) is 3.18. The van der Waals surface area contributed by atoms with Crippen LogP contribution in [0.3, 0.4) is 0 Å². The molecule has 0 amide bonds. The van der Waals surface area contributed by atoms with E-state index in [0.29, 0.717) is 12.5 Å². The summed E-state index contributed by atoms with van der Waals surface area (Å²) in [5.41, 5.74) is 8.23. The lowest BCUT2D eigenvalue weighted by atomic mass is 10.2. The predicted molar refractivity (Wildman–Crippen MR) is 75.9 cm³/mol. The fourth-order valence-electron chi connectivity index (χ4n) is 1.94. The first-order valence-corrected chi connectivity index (χ1v) is 6.31. The van der Waals surface area contributed by atoms with Crippen molar-refractivity contribution in [1.82, 2.24) is 19.7 Å². The van der Waals surface area contributed by atoms with Crippen LogP contribution in [0, 0.1) is 18.3 Å². The highest BCUT2D eigenvalue weighted by molar-refractivity contribution is 5.50. The molecular formula is C13H17N7. The van der Waals surface area contributed by atoms with Crippen molar-refractivity contribution < 1.29 is 0 Å². The highest BCUT2D eigenvalue weighted by Gasteiger charge is 2.12. The molecule has 0 aliphatic heterocycles. The maximum atomic E-state index is 8.81. The third kappa shape index (κ3) is 2.54. The standard InChI is InChI=1S/C13H17N7/c1-4-20-9(2)11(7-17-20)8-19(3)13-16-6-10(5-14)12(15)18-13/h6-7H,4,8H2,1-3H3,(H2,15,16,18).